The molecule has 1 heterocycles. The Balaban J connectivity index is 2.18. The Morgan fingerprint density at radius 3 is 2.40 bits per heavy atom. The van der Waals surface area contributed by atoms with Crippen LogP contribution in [0.3, 0.4) is 0 Å². The second kappa shape index (κ2) is 4.37. The average Bonchev–Trinajstić information content (AvgIpc) is 2.90. The minimum atomic E-state index is -1.28. The summed E-state index contributed by atoms with van der Waals surface area (Å²) in [5.41, 5.74) is 1.63. The summed E-state index contributed by atoms with van der Waals surface area (Å²) >= 11 is 0. The summed E-state index contributed by atoms with van der Waals surface area (Å²) in [6.07, 6.45) is 2.44. The van der Waals surface area contributed by atoms with Crippen LogP contribution in [0.1, 0.15) is 11.1 Å². The van der Waals surface area contributed by atoms with Gasteiger partial charge in [-0.2, -0.15) is 0 Å². The first kappa shape index (κ1) is 12.7. The van der Waals surface area contributed by atoms with Crippen molar-refractivity contribution in [3.05, 3.63) is 35.5 Å². The number of H-pyrrole nitrogens is 1. The number of ether oxygens (including phenoxy) is 2. The molecule has 104 valence electrons. The van der Waals surface area contributed by atoms with Gasteiger partial charge in [-0.25, -0.2) is 0 Å². The number of esters is 2. The number of hydrogen-bond acceptors (Lipinski definition) is 4. The van der Waals surface area contributed by atoms with E-state index in [1.807, 2.05) is 24.4 Å². The van der Waals surface area contributed by atoms with Gasteiger partial charge in [-0.05, 0) is 17.2 Å². The van der Waals surface area contributed by atoms with Crippen LogP contribution in [0.4, 0.5) is 0 Å². The molecule has 0 unspecified atom stereocenters. The van der Waals surface area contributed by atoms with E-state index in [1.165, 1.54) is 14.2 Å². The fraction of sp³-hybridized carbons (Fsp3) is 0.333. The summed E-state index contributed by atoms with van der Waals surface area (Å²) in [6, 6.07) is 5.81. The van der Waals surface area contributed by atoms with E-state index in [0.29, 0.717) is 12.8 Å². The molecule has 1 aliphatic rings. The number of aromatic nitrogens is 1. The third kappa shape index (κ3) is 1.56. The summed E-state index contributed by atoms with van der Waals surface area (Å²) in [5, 5.41) is 1.09. The predicted molar refractivity (Wildman–Crippen MR) is 72.2 cm³/mol. The summed E-state index contributed by atoms with van der Waals surface area (Å²) in [5.74, 6) is -1.10. The monoisotopic (exact) mass is 273 g/mol. The maximum atomic E-state index is 12.2. The van der Waals surface area contributed by atoms with E-state index in [1.54, 1.807) is 0 Å². The van der Waals surface area contributed by atoms with Gasteiger partial charge < -0.3 is 14.5 Å². The number of aromatic amines is 1. The highest BCUT2D eigenvalue weighted by Gasteiger charge is 2.51. The molecule has 0 amide bonds. The molecule has 1 N–H and O–H groups in total. The molecular weight excluding hydrogens is 258 g/mol. The Hall–Kier alpha value is -2.30. The van der Waals surface area contributed by atoms with E-state index >= 15 is 0 Å². The van der Waals surface area contributed by atoms with Crippen LogP contribution in [0.2, 0.25) is 0 Å². The largest absolute Gasteiger partial charge is 0.468 e. The first-order valence-electron chi connectivity index (χ1n) is 6.37. The van der Waals surface area contributed by atoms with Gasteiger partial charge in [0.1, 0.15) is 0 Å². The molecule has 0 radical (unpaired) electrons. The lowest BCUT2D eigenvalue weighted by Gasteiger charge is -2.31. The molecule has 0 saturated heterocycles. The van der Waals surface area contributed by atoms with Crippen LogP contribution in [0, 0.1) is 5.41 Å². The number of benzene rings is 1. The number of methoxy groups -OCH3 is 2. The molecule has 1 aromatic heterocycles. The Kier molecular flexibility index (Phi) is 2.78. The van der Waals surface area contributed by atoms with Crippen molar-refractivity contribution < 1.29 is 19.1 Å². The second-order valence-corrected chi connectivity index (χ2v) is 5.07. The topological polar surface area (TPSA) is 68.4 Å². The summed E-state index contributed by atoms with van der Waals surface area (Å²) in [7, 11) is 2.58. The normalized spacial score (nSPS) is 15.9. The molecule has 0 atom stereocenters. The molecular formula is C15H15NO4. The second-order valence-electron chi connectivity index (χ2n) is 5.07. The van der Waals surface area contributed by atoms with Crippen molar-refractivity contribution in [3.63, 3.8) is 0 Å². The fourth-order valence-electron chi connectivity index (χ4n) is 3.10. The SMILES string of the molecule is COC(=O)C1(C(=O)OC)Cc2cccc3[nH]cc(c23)C1. The Bertz CT molecular complexity index is 685. The molecule has 5 heteroatoms. The highest BCUT2D eigenvalue weighted by Crippen LogP contribution is 2.40. The van der Waals surface area contributed by atoms with Crippen LogP contribution >= 0.6 is 0 Å². The summed E-state index contributed by atoms with van der Waals surface area (Å²) in [6.45, 7) is 0. The third-order valence-corrected chi connectivity index (χ3v) is 4.01. The van der Waals surface area contributed by atoms with E-state index in [0.717, 1.165) is 22.0 Å². The number of hydrogen-bond donors (Lipinski definition) is 1. The summed E-state index contributed by atoms with van der Waals surface area (Å²) < 4.78 is 9.71. The van der Waals surface area contributed by atoms with Crippen molar-refractivity contribution in [3.8, 4) is 0 Å². The molecule has 0 saturated carbocycles. The molecule has 0 bridgehead atoms. The Labute approximate surface area is 115 Å². The highest BCUT2D eigenvalue weighted by molar-refractivity contribution is 6.03. The van der Waals surface area contributed by atoms with Gasteiger partial charge in [0.2, 0.25) is 0 Å². The zero-order valence-corrected chi connectivity index (χ0v) is 11.4. The Morgan fingerprint density at radius 1 is 1.10 bits per heavy atom. The maximum absolute atomic E-state index is 12.2. The molecule has 0 spiro atoms. The van der Waals surface area contributed by atoms with Crippen molar-refractivity contribution in [2.45, 2.75) is 12.8 Å². The summed E-state index contributed by atoms with van der Waals surface area (Å²) in [4.78, 5) is 27.6. The van der Waals surface area contributed by atoms with Crippen molar-refractivity contribution in [1.29, 1.82) is 0 Å². The van der Waals surface area contributed by atoms with Gasteiger partial charge in [-0.3, -0.25) is 9.59 Å². The van der Waals surface area contributed by atoms with Gasteiger partial charge in [0.15, 0.2) is 5.41 Å². The average molecular weight is 273 g/mol. The standard InChI is InChI=1S/C15H15NO4/c1-19-13(17)15(14(18)20-2)6-9-4-3-5-11-12(9)10(7-15)8-16-11/h3-5,8,16H,6-7H2,1-2H3. The first-order chi connectivity index (χ1) is 9.62. The van der Waals surface area contributed by atoms with Crippen LogP contribution in [-0.4, -0.2) is 31.1 Å². The zero-order chi connectivity index (χ0) is 14.3. The third-order valence-electron chi connectivity index (χ3n) is 4.01. The van der Waals surface area contributed by atoms with E-state index < -0.39 is 17.4 Å². The molecule has 1 aliphatic carbocycles. The lowest BCUT2D eigenvalue weighted by Crippen LogP contribution is -2.46. The molecule has 20 heavy (non-hydrogen) atoms. The van der Waals surface area contributed by atoms with Crippen LogP contribution in [0.5, 0.6) is 0 Å². The number of carbonyl (C=O) groups excluding carboxylic acids is 2. The van der Waals surface area contributed by atoms with E-state index in [9.17, 15) is 9.59 Å². The smallest absolute Gasteiger partial charge is 0.323 e. The first-order valence-corrected chi connectivity index (χ1v) is 6.37. The Morgan fingerprint density at radius 2 is 1.75 bits per heavy atom. The van der Waals surface area contributed by atoms with E-state index in [2.05, 4.69) is 4.98 Å². The van der Waals surface area contributed by atoms with Crippen LogP contribution in [0.15, 0.2) is 24.4 Å². The maximum Gasteiger partial charge on any atom is 0.323 e. The fourth-order valence-corrected chi connectivity index (χ4v) is 3.10. The molecule has 0 fully saturated rings. The van der Waals surface area contributed by atoms with E-state index in [-0.39, 0.29) is 0 Å². The number of nitrogens with one attached hydrogen (secondary N) is 1. The molecule has 2 aromatic rings. The van der Waals surface area contributed by atoms with Crippen LogP contribution in [-0.2, 0) is 31.9 Å². The highest BCUT2D eigenvalue weighted by atomic mass is 16.5. The molecule has 5 nitrogen and oxygen atoms in total. The van der Waals surface area contributed by atoms with Gasteiger partial charge in [-0.1, -0.05) is 12.1 Å². The van der Waals surface area contributed by atoms with E-state index in [4.69, 9.17) is 9.47 Å². The van der Waals surface area contributed by atoms with Gasteiger partial charge in [0.25, 0.3) is 0 Å². The van der Waals surface area contributed by atoms with Crippen LogP contribution in [0.25, 0.3) is 10.9 Å². The van der Waals surface area contributed by atoms with Crippen molar-refractivity contribution in [2.75, 3.05) is 14.2 Å². The van der Waals surface area contributed by atoms with Crippen molar-refractivity contribution in [1.82, 2.24) is 4.98 Å². The lowest BCUT2D eigenvalue weighted by atomic mass is 9.72. The minimum Gasteiger partial charge on any atom is -0.468 e. The predicted octanol–water partition coefficient (Wildman–Crippen LogP) is 1.60. The number of rotatable bonds is 2. The van der Waals surface area contributed by atoms with Gasteiger partial charge in [0.05, 0.1) is 14.2 Å². The zero-order valence-electron chi connectivity index (χ0n) is 11.4. The van der Waals surface area contributed by atoms with Crippen LogP contribution < -0.4 is 0 Å². The van der Waals surface area contributed by atoms with Gasteiger partial charge >= 0.3 is 11.9 Å². The molecule has 0 aliphatic heterocycles. The lowest BCUT2D eigenvalue weighted by molar-refractivity contribution is -0.169. The number of carbonyl (C=O) groups is 2. The molecule has 1 aromatic carbocycles. The minimum absolute atomic E-state index is 0.295. The van der Waals surface area contributed by atoms with Gasteiger partial charge in [0, 0.05) is 29.9 Å². The quantitative estimate of drug-likeness (QED) is 0.666. The molecule has 3 rings (SSSR count). The van der Waals surface area contributed by atoms with Crippen molar-refractivity contribution >= 4 is 22.8 Å². The van der Waals surface area contributed by atoms with Gasteiger partial charge in [-0.15, -0.1) is 0 Å². The van der Waals surface area contributed by atoms with Crippen molar-refractivity contribution in [2.24, 2.45) is 5.41 Å².